The predicted octanol–water partition coefficient (Wildman–Crippen LogP) is 2.27. The first-order valence-electron chi connectivity index (χ1n) is 43.3. The number of carbonyl (C=O) groups is 8. The van der Waals surface area contributed by atoms with Crippen molar-refractivity contribution in [3.63, 3.8) is 0 Å². The summed E-state index contributed by atoms with van der Waals surface area (Å²) in [4.78, 5) is 115. The van der Waals surface area contributed by atoms with Crippen LogP contribution in [0.1, 0.15) is 104 Å². The Morgan fingerprint density at radius 1 is 0.496 bits per heavy atom. The number of phenolic OH excluding ortho intramolecular Hbond substituents is 1. The van der Waals surface area contributed by atoms with E-state index in [-0.39, 0.29) is 101 Å². The average molecular weight is 1810 g/mol. The number of sulfone groups is 1. The number of ether oxygens (including phenoxy) is 17. The minimum atomic E-state index is -3.60. The van der Waals surface area contributed by atoms with Gasteiger partial charge in [-0.1, -0.05) is 92.1 Å². The molecule has 1 saturated carbocycles. The van der Waals surface area contributed by atoms with Crippen LogP contribution >= 0.6 is 0 Å². The second kappa shape index (κ2) is 66.5. The van der Waals surface area contributed by atoms with Gasteiger partial charge in [0.05, 0.1) is 237 Å². The first-order valence-corrected chi connectivity index (χ1v) is 45.2. The van der Waals surface area contributed by atoms with E-state index in [9.17, 15) is 51.9 Å². The number of hydrogen-bond donors (Lipinski definition) is 9. The number of benzene rings is 3. The van der Waals surface area contributed by atoms with Gasteiger partial charge in [-0.25, -0.2) is 18.4 Å². The van der Waals surface area contributed by atoms with Crippen LogP contribution in [0.4, 0.5) is 5.69 Å². The number of hydrogen-bond acceptors (Lipinski definition) is 30. The Balaban J connectivity index is 0.768. The van der Waals surface area contributed by atoms with Gasteiger partial charge in [0.15, 0.2) is 0 Å². The molecule has 127 heavy (non-hydrogen) atoms. The van der Waals surface area contributed by atoms with Gasteiger partial charge in [-0.15, -0.1) is 0 Å². The zero-order valence-electron chi connectivity index (χ0n) is 73.7. The van der Waals surface area contributed by atoms with Gasteiger partial charge >= 0.3 is 0 Å². The second-order valence-electron chi connectivity index (χ2n) is 29.3. The average Bonchev–Trinajstić information content (AvgIpc) is 1.56. The maximum atomic E-state index is 14.3. The Morgan fingerprint density at radius 2 is 0.937 bits per heavy atom. The SMILES string of the molecule is COCCOCCOCCOCCOCCOCCOCCOCCOCCOCCOCCOCCOCCOCCOCCOCCNC(=O)[C@H](CCC(=O)NCC(=O)NCC(=O)N[C@@H](Cc1ccccc1)C(=O)NCC(=O)NCOCc1ccc2c(c1C)NC(=O)[C@]2(c1ccc(O)cc1)C1CCCCCC1)NC(=O)CCCC#Cc1cnc(S(C)(=O)=O)nc1. The maximum Gasteiger partial charge on any atom is 0.246 e. The summed E-state index contributed by atoms with van der Waals surface area (Å²) in [5.74, 6) is 1.23. The van der Waals surface area contributed by atoms with Gasteiger partial charge in [-0.3, -0.25) is 38.4 Å². The molecular weight excluding hydrogens is 1680 g/mol. The molecule has 1 aromatic heterocycles. The molecule has 38 nitrogen and oxygen atoms in total. The molecule has 0 spiro atoms. The third-order valence-corrected chi connectivity index (χ3v) is 20.5. The van der Waals surface area contributed by atoms with Gasteiger partial charge in [-0.05, 0) is 78.5 Å². The van der Waals surface area contributed by atoms with Gasteiger partial charge in [0, 0.05) is 63.7 Å². The molecule has 9 N–H and O–H groups in total. The lowest BCUT2D eigenvalue weighted by Gasteiger charge is -2.36. The van der Waals surface area contributed by atoms with Crippen LogP contribution < -0.4 is 42.5 Å². The van der Waals surface area contributed by atoms with Crippen LogP contribution in [-0.2, 0) is 147 Å². The molecule has 6 rings (SSSR count). The monoisotopic (exact) mass is 1810 g/mol. The lowest BCUT2D eigenvalue weighted by Crippen LogP contribution is -2.52. The van der Waals surface area contributed by atoms with Crippen molar-refractivity contribution in [3.8, 4) is 17.6 Å². The maximum absolute atomic E-state index is 14.3. The van der Waals surface area contributed by atoms with E-state index in [0.29, 0.717) is 196 Å². The summed E-state index contributed by atoms with van der Waals surface area (Å²) >= 11 is 0. The topological polar surface area (TPSA) is 470 Å². The number of carbonyl (C=O) groups excluding carboxylic acids is 8. The lowest BCUT2D eigenvalue weighted by molar-refractivity contribution is -0.131. The minimum Gasteiger partial charge on any atom is -0.508 e. The molecule has 2 heterocycles. The van der Waals surface area contributed by atoms with E-state index in [1.54, 1.807) is 49.6 Å². The van der Waals surface area contributed by atoms with Gasteiger partial charge in [0.25, 0.3) is 0 Å². The molecule has 1 aliphatic heterocycles. The van der Waals surface area contributed by atoms with Crippen molar-refractivity contribution in [1.29, 1.82) is 0 Å². The van der Waals surface area contributed by atoms with Crippen molar-refractivity contribution in [3.05, 3.63) is 113 Å². The van der Waals surface area contributed by atoms with E-state index in [4.69, 9.17) is 80.5 Å². The molecule has 0 radical (unpaired) electrons. The largest absolute Gasteiger partial charge is 0.508 e. The number of anilines is 1. The van der Waals surface area contributed by atoms with E-state index in [1.165, 1.54) is 12.4 Å². The summed E-state index contributed by atoms with van der Waals surface area (Å²) in [5, 5.41) is 31.1. The van der Waals surface area contributed by atoms with Crippen LogP contribution in [0.3, 0.4) is 0 Å². The zero-order valence-corrected chi connectivity index (χ0v) is 74.5. The quantitative estimate of drug-likeness (QED) is 0.0101. The van der Waals surface area contributed by atoms with Crippen molar-refractivity contribution >= 4 is 62.8 Å². The summed E-state index contributed by atoms with van der Waals surface area (Å²) in [6.07, 6.45) is 9.61. The molecule has 8 amide bonds. The molecule has 2 aliphatic rings. The Morgan fingerprint density at radius 3 is 1.43 bits per heavy atom. The number of aromatic hydroxyl groups is 1. The zero-order chi connectivity index (χ0) is 90.9. The van der Waals surface area contributed by atoms with Crippen molar-refractivity contribution in [2.24, 2.45) is 5.92 Å². The van der Waals surface area contributed by atoms with E-state index in [1.807, 2.05) is 31.2 Å². The number of nitrogens with one attached hydrogen (secondary N) is 8. The Kier molecular flexibility index (Phi) is 56.0. The summed E-state index contributed by atoms with van der Waals surface area (Å²) < 4.78 is 117. The highest BCUT2D eigenvalue weighted by Crippen LogP contribution is 2.53. The Labute approximate surface area is 744 Å². The molecule has 39 heteroatoms. The molecule has 1 aliphatic carbocycles. The summed E-state index contributed by atoms with van der Waals surface area (Å²) in [6, 6.07) is 17.3. The summed E-state index contributed by atoms with van der Waals surface area (Å²) in [7, 11) is -1.97. The first kappa shape index (κ1) is 107. The third kappa shape index (κ3) is 45.8. The van der Waals surface area contributed by atoms with Gasteiger partial charge < -0.3 is 128 Å². The molecule has 3 atom stereocenters. The highest BCUT2D eigenvalue weighted by atomic mass is 32.2. The summed E-state index contributed by atoms with van der Waals surface area (Å²) in [5.41, 5.74) is 4.19. The van der Waals surface area contributed by atoms with Crippen LogP contribution in [0.5, 0.6) is 5.75 Å². The fourth-order valence-electron chi connectivity index (χ4n) is 13.1. The van der Waals surface area contributed by atoms with Crippen LogP contribution in [0, 0.1) is 24.7 Å². The van der Waals surface area contributed by atoms with Gasteiger partial charge in [-0.2, -0.15) is 0 Å². The van der Waals surface area contributed by atoms with E-state index < -0.39 is 88.3 Å². The highest BCUT2D eigenvalue weighted by molar-refractivity contribution is 7.90. The molecule has 3 aromatic carbocycles. The van der Waals surface area contributed by atoms with Crippen molar-refractivity contribution in [2.45, 2.75) is 113 Å². The molecular formula is C88H132N10O28S. The Bertz CT molecular complexity index is 3960. The third-order valence-electron chi connectivity index (χ3n) is 19.7. The summed E-state index contributed by atoms with van der Waals surface area (Å²) in [6.45, 7) is 13.3. The number of fused-ring (bicyclic) bond motifs is 1. The number of rotatable bonds is 73. The number of amides is 8. The second-order valence-corrected chi connectivity index (χ2v) is 31.2. The number of nitrogens with zero attached hydrogens (tertiary/aromatic N) is 2. The van der Waals surface area contributed by atoms with Crippen LogP contribution in [0.15, 0.2) is 84.3 Å². The molecule has 0 unspecified atom stereocenters. The normalized spacial score (nSPS) is 14.3. The molecule has 708 valence electrons. The highest BCUT2D eigenvalue weighted by Gasteiger charge is 2.54. The fourth-order valence-corrected chi connectivity index (χ4v) is 13.6. The molecule has 4 aromatic rings. The fraction of sp³-hybridized carbons (Fsp3) is 0.636. The van der Waals surface area contributed by atoms with Crippen LogP contribution in [0.2, 0.25) is 0 Å². The van der Waals surface area contributed by atoms with E-state index in [2.05, 4.69) is 64.3 Å². The van der Waals surface area contributed by atoms with E-state index in [0.717, 1.165) is 72.7 Å². The Hall–Kier alpha value is -8.87. The van der Waals surface area contributed by atoms with Gasteiger partial charge in [0.1, 0.15) is 30.0 Å². The smallest absolute Gasteiger partial charge is 0.246 e. The van der Waals surface area contributed by atoms with Crippen molar-refractivity contribution in [1.82, 2.24) is 47.2 Å². The van der Waals surface area contributed by atoms with Crippen molar-refractivity contribution < 1.29 is 132 Å². The molecule has 1 fully saturated rings. The first-order chi connectivity index (χ1) is 61.9. The molecule has 0 bridgehead atoms. The van der Waals surface area contributed by atoms with Gasteiger partial charge in [0.2, 0.25) is 62.3 Å². The number of unbranched alkanes of at least 4 members (excludes halogenated alkanes) is 1. The lowest BCUT2D eigenvalue weighted by atomic mass is 9.63. The van der Waals surface area contributed by atoms with Crippen LogP contribution in [-0.4, -0.2) is 334 Å². The van der Waals surface area contributed by atoms with Crippen LogP contribution in [0.25, 0.3) is 0 Å². The number of aromatic nitrogens is 2. The standard InChI is InChI=1S/C88H132N10O28S/c1-68-71(20-25-75-83(68)98-86(107)88(75,72-17-11-4-5-12-18-72)73-21-23-74(99)24-22-73)66-126-67-95-81(103)64-92-85(106)77(60-69-14-8-6-9-15-69)97-82(104)65-91-80(102)63-90-78(100)27-26-76(96-79(101)19-13-7-10-16-70-61-93-87(94-62-70)127(3,108)109)84(105)89-28-29-111-32-33-113-36-37-115-40-41-117-44-45-119-48-49-121-52-53-123-56-57-125-59-58-124-55-54-122-51-50-120-47-46-118-43-42-116-39-38-114-35-34-112-31-30-110-2/h6,8-9,14-15,20-25,61-62,72,76-77,99H,4-5,7,11-13,17-19,26-60,63-67H2,1-3H3,(H,89,105)(H,90,100)(H,91,102)(H,92,106)(H,95,103)(H,96,101)(H,97,104)(H,98,107)/t76-,77-,88-/m0/s1. The van der Waals surface area contributed by atoms with Crippen molar-refractivity contribution in [2.75, 3.05) is 256 Å². The van der Waals surface area contributed by atoms with E-state index >= 15 is 0 Å². The predicted molar refractivity (Wildman–Crippen MR) is 463 cm³/mol. The minimum absolute atomic E-state index is 0.0274. The number of methoxy groups -OCH3 is 1. The number of phenols is 1. The molecule has 0 saturated heterocycles.